The van der Waals surface area contributed by atoms with Crippen LogP contribution in [0.25, 0.3) is 0 Å². The summed E-state index contributed by atoms with van der Waals surface area (Å²) in [6.07, 6.45) is -0.206. The number of thiazole rings is 1. The highest BCUT2D eigenvalue weighted by Gasteiger charge is 2.20. The van der Waals surface area contributed by atoms with Crippen molar-refractivity contribution < 1.29 is 9.53 Å². The molecule has 4 heteroatoms. The minimum atomic E-state index is -0.206. The van der Waals surface area contributed by atoms with Gasteiger partial charge in [-0.25, -0.2) is 4.98 Å². The largest absolute Gasteiger partial charge is 0.370 e. The normalized spacial score (nSPS) is 12.4. The van der Waals surface area contributed by atoms with Crippen molar-refractivity contribution in [2.24, 2.45) is 0 Å². The SMILES string of the molecule is COC(c1ccccc1)c1nc(C)c(C(C)=O)s1. The quantitative estimate of drug-likeness (QED) is 0.792. The molecule has 0 aliphatic rings. The van der Waals surface area contributed by atoms with Crippen LogP contribution >= 0.6 is 11.3 Å². The molecule has 0 spiro atoms. The molecule has 1 heterocycles. The van der Waals surface area contributed by atoms with Gasteiger partial charge in [-0.3, -0.25) is 4.79 Å². The van der Waals surface area contributed by atoms with Gasteiger partial charge in [-0.1, -0.05) is 30.3 Å². The van der Waals surface area contributed by atoms with Crippen molar-refractivity contribution in [3.63, 3.8) is 0 Å². The standard InChI is InChI=1S/C14H15NO2S/c1-9-13(10(2)16)18-14(15-9)12(17-3)11-7-5-4-6-8-11/h4-8,12H,1-3H3. The van der Waals surface area contributed by atoms with Crippen LogP contribution in [-0.4, -0.2) is 17.9 Å². The highest BCUT2D eigenvalue weighted by atomic mass is 32.1. The first-order valence-electron chi connectivity index (χ1n) is 5.69. The number of rotatable bonds is 4. The third-order valence-electron chi connectivity index (χ3n) is 2.70. The zero-order valence-electron chi connectivity index (χ0n) is 10.6. The number of ketones is 1. The summed E-state index contributed by atoms with van der Waals surface area (Å²) in [6, 6.07) is 9.89. The van der Waals surface area contributed by atoms with E-state index in [1.807, 2.05) is 37.3 Å². The van der Waals surface area contributed by atoms with Crippen LogP contribution in [0.1, 0.15) is 39.0 Å². The van der Waals surface area contributed by atoms with E-state index in [-0.39, 0.29) is 11.9 Å². The molecule has 1 aromatic heterocycles. The van der Waals surface area contributed by atoms with Gasteiger partial charge in [0.2, 0.25) is 0 Å². The molecule has 3 nitrogen and oxygen atoms in total. The number of nitrogens with zero attached hydrogens (tertiary/aromatic N) is 1. The van der Waals surface area contributed by atoms with Gasteiger partial charge in [-0.15, -0.1) is 11.3 Å². The van der Waals surface area contributed by atoms with E-state index in [4.69, 9.17) is 4.74 Å². The molecule has 0 saturated carbocycles. The molecule has 0 bridgehead atoms. The fourth-order valence-corrected chi connectivity index (χ4v) is 2.93. The average molecular weight is 261 g/mol. The van der Waals surface area contributed by atoms with Crippen molar-refractivity contribution in [1.29, 1.82) is 0 Å². The lowest BCUT2D eigenvalue weighted by Crippen LogP contribution is -2.02. The highest BCUT2D eigenvalue weighted by molar-refractivity contribution is 7.13. The number of methoxy groups -OCH3 is 1. The first kappa shape index (κ1) is 12.9. The first-order chi connectivity index (χ1) is 8.63. The summed E-state index contributed by atoms with van der Waals surface area (Å²) in [6.45, 7) is 3.42. The Labute approximate surface area is 110 Å². The number of aryl methyl sites for hydroxylation is 1. The Balaban J connectivity index is 2.40. The van der Waals surface area contributed by atoms with Gasteiger partial charge < -0.3 is 4.74 Å². The monoisotopic (exact) mass is 261 g/mol. The van der Waals surface area contributed by atoms with E-state index in [9.17, 15) is 4.79 Å². The first-order valence-corrected chi connectivity index (χ1v) is 6.51. The van der Waals surface area contributed by atoms with Crippen LogP contribution in [0, 0.1) is 6.92 Å². The Morgan fingerprint density at radius 1 is 1.33 bits per heavy atom. The van der Waals surface area contributed by atoms with E-state index < -0.39 is 0 Å². The molecule has 0 N–H and O–H groups in total. The van der Waals surface area contributed by atoms with E-state index in [0.717, 1.165) is 16.3 Å². The van der Waals surface area contributed by atoms with Gasteiger partial charge >= 0.3 is 0 Å². The molecule has 0 radical (unpaired) electrons. The van der Waals surface area contributed by atoms with Gasteiger partial charge in [0.15, 0.2) is 5.78 Å². The lowest BCUT2D eigenvalue weighted by atomic mass is 10.1. The van der Waals surface area contributed by atoms with Gasteiger partial charge in [0, 0.05) is 14.0 Å². The topological polar surface area (TPSA) is 39.2 Å². The molecular weight excluding hydrogens is 246 g/mol. The van der Waals surface area contributed by atoms with Crippen molar-refractivity contribution in [2.75, 3.05) is 7.11 Å². The summed E-state index contributed by atoms with van der Waals surface area (Å²) in [5.41, 5.74) is 1.82. The number of hydrogen-bond donors (Lipinski definition) is 0. The number of ether oxygens (including phenoxy) is 1. The molecule has 0 fully saturated rings. The van der Waals surface area contributed by atoms with Crippen molar-refractivity contribution in [3.05, 3.63) is 51.5 Å². The number of carbonyl (C=O) groups is 1. The number of Topliss-reactive ketones (excluding diaryl/α,β-unsaturated/α-hetero) is 1. The second kappa shape index (κ2) is 5.42. The van der Waals surface area contributed by atoms with Crippen LogP contribution in [0.5, 0.6) is 0 Å². The second-order valence-electron chi connectivity index (χ2n) is 4.05. The lowest BCUT2D eigenvalue weighted by molar-refractivity contribution is 0.102. The molecule has 18 heavy (non-hydrogen) atoms. The zero-order chi connectivity index (χ0) is 13.1. The minimum absolute atomic E-state index is 0.0548. The Morgan fingerprint density at radius 3 is 2.50 bits per heavy atom. The highest BCUT2D eigenvalue weighted by Crippen LogP contribution is 2.30. The van der Waals surface area contributed by atoms with Gasteiger partial charge in [-0.2, -0.15) is 0 Å². The molecule has 2 aromatic rings. The number of carbonyl (C=O) groups excluding carboxylic acids is 1. The zero-order valence-corrected chi connectivity index (χ0v) is 11.5. The fraction of sp³-hybridized carbons (Fsp3) is 0.286. The van der Waals surface area contributed by atoms with Crippen molar-refractivity contribution in [2.45, 2.75) is 20.0 Å². The van der Waals surface area contributed by atoms with E-state index >= 15 is 0 Å². The van der Waals surface area contributed by atoms with Gasteiger partial charge in [0.05, 0.1) is 10.6 Å². The van der Waals surface area contributed by atoms with E-state index in [2.05, 4.69) is 4.98 Å². The molecule has 2 rings (SSSR count). The molecule has 94 valence electrons. The summed E-state index contributed by atoms with van der Waals surface area (Å²) in [5.74, 6) is 0.0548. The minimum Gasteiger partial charge on any atom is -0.370 e. The fourth-order valence-electron chi connectivity index (χ4n) is 1.86. The van der Waals surface area contributed by atoms with E-state index in [1.54, 1.807) is 14.0 Å². The summed E-state index contributed by atoms with van der Waals surface area (Å²) < 4.78 is 5.51. The Morgan fingerprint density at radius 2 is 2.00 bits per heavy atom. The molecule has 0 aliphatic carbocycles. The maximum atomic E-state index is 11.5. The summed E-state index contributed by atoms with van der Waals surface area (Å²) in [4.78, 5) is 16.6. The summed E-state index contributed by atoms with van der Waals surface area (Å²) in [5, 5.41) is 0.825. The maximum Gasteiger partial charge on any atom is 0.171 e. The van der Waals surface area contributed by atoms with Crippen LogP contribution in [0.15, 0.2) is 30.3 Å². The Hall–Kier alpha value is -1.52. The van der Waals surface area contributed by atoms with Gasteiger partial charge in [-0.05, 0) is 12.5 Å². The van der Waals surface area contributed by atoms with Gasteiger partial charge in [0.25, 0.3) is 0 Å². The van der Waals surface area contributed by atoms with Crippen molar-refractivity contribution in [1.82, 2.24) is 4.98 Å². The Bertz CT molecular complexity index is 548. The molecule has 1 unspecified atom stereocenters. The third kappa shape index (κ3) is 2.49. The number of benzene rings is 1. The van der Waals surface area contributed by atoms with Crippen LogP contribution in [-0.2, 0) is 4.74 Å². The average Bonchev–Trinajstić information content (AvgIpc) is 2.74. The van der Waals surface area contributed by atoms with Crippen molar-refractivity contribution >= 4 is 17.1 Å². The van der Waals surface area contributed by atoms with Crippen molar-refractivity contribution in [3.8, 4) is 0 Å². The predicted octanol–water partition coefficient (Wildman–Crippen LogP) is 3.39. The van der Waals surface area contributed by atoms with Crippen LogP contribution in [0.3, 0.4) is 0 Å². The summed E-state index contributed by atoms with van der Waals surface area (Å²) in [7, 11) is 1.65. The molecular formula is C14H15NO2S. The van der Waals surface area contributed by atoms with E-state index in [1.165, 1.54) is 11.3 Å². The van der Waals surface area contributed by atoms with Crippen LogP contribution < -0.4 is 0 Å². The number of aromatic nitrogens is 1. The Kier molecular flexibility index (Phi) is 3.89. The predicted molar refractivity (Wildman–Crippen MR) is 72.1 cm³/mol. The molecule has 1 aromatic carbocycles. The van der Waals surface area contributed by atoms with E-state index in [0.29, 0.717) is 4.88 Å². The molecule has 0 aliphatic heterocycles. The molecule has 1 atom stereocenters. The molecule has 0 saturated heterocycles. The van der Waals surface area contributed by atoms with Gasteiger partial charge in [0.1, 0.15) is 11.1 Å². The summed E-state index contributed by atoms with van der Waals surface area (Å²) >= 11 is 1.41. The maximum absolute atomic E-state index is 11.5. The smallest absolute Gasteiger partial charge is 0.171 e. The second-order valence-corrected chi connectivity index (χ2v) is 5.08. The molecule has 0 amide bonds. The van der Waals surface area contributed by atoms with Crippen LogP contribution in [0.4, 0.5) is 0 Å². The number of hydrogen-bond acceptors (Lipinski definition) is 4. The third-order valence-corrected chi connectivity index (χ3v) is 4.00. The van der Waals surface area contributed by atoms with Crippen LogP contribution in [0.2, 0.25) is 0 Å². The lowest BCUT2D eigenvalue weighted by Gasteiger charge is -2.12.